The quantitative estimate of drug-likeness (QED) is 0.749. The van der Waals surface area contributed by atoms with E-state index in [1.54, 1.807) is 4.57 Å². The molecular weight excluding hydrogens is 340 g/mol. The number of halogens is 3. The molecule has 3 nitrogen and oxygen atoms in total. The van der Waals surface area contributed by atoms with Gasteiger partial charge in [-0.2, -0.15) is 0 Å². The van der Waals surface area contributed by atoms with Gasteiger partial charge < -0.3 is 10.3 Å². The van der Waals surface area contributed by atoms with Gasteiger partial charge in [-0.15, -0.1) is 0 Å². The third kappa shape index (κ3) is 2.40. The van der Waals surface area contributed by atoms with E-state index in [-0.39, 0.29) is 17.5 Å². The van der Waals surface area contributed by atoms with E-state index in [0.29, 0.717) is 5.52 Å². The van der Waals surface area contributed by atoms with Gasteiger partial charge in [0, 0.05) is 16.6 Å². The smallest absolute Gasteiger partial charge is 0.201 e. The fourth-order valence-electron chi connectivity index (χ4n) is 2.44. The van der Waals surface area contributed by atoms with E-state index in [1.807, 2.05) is 31.2 Å². The summed E-state index contributed by atoms with van der Waals surface area (Å²) in [5, 5.41) is 0. The van der Waals surface area contributed by atoms with Crippen molar-refractivity contribution in [3.63, 3.8) is 0 Å². The summed E-state index contributed by atoms with van der Waals surface area (Å²) < 4.78 is 29.8. The Morgan fingerprint density at radius 3 is 2.52 bits per heavy atom. The van der Waals surface area contributed by atoms with Gasteiger partial charge in [0.2, 0.25) is 5.95 Å². The standard InChI is InChI=1S/C15H12BrF2N3/c1-8(9-2-4-10(16)5-3-9)21-13-7-11(17)6-12(18)14(13)20-15(21)19/h2-8H,1H3,(H2,19,20). The van der Waals surface area contributed by atoms with Gasteiger partial charge in [-0.1, -0.05) is 28.1 Å². The van der Waals surface area contributed by atoms with Crippen LogP contribution in [0.5, 0.6) is 0 Å². The number of imidazole rings is 1. The van der Waals surface area contributed by atoms with Crippen LogP contribution >= 0.6 is 15.9 Å². The molecule has 2 N–H and O–H groups in total. The predicted molar refractivity (Wildman–Crippen MR) is 82.0 cm³/mol. The molecule has 0 bridgehead atoms. The van der Waals surface area contributed by atoms with E-state index in [1.165, 1.54) is 6.07 Å². The monoisotopic (exact) mass is 351 g/mol. The first-order chi connectivity index (χ1) is 9.97. The molecule has 3 rings (SSSR count). The molecule has 0 aliphatic heterocycles. The summed E-state index contributed by atoms with van der Waals surface area (Å²) >= 11 is 3.37. The molecule has 1 unspecified atom stereocenters. The van der Waals surface area contributed by atoms with Crippen molar-refractivity contribution in [1.82, 2.24) is 9.55 Å². The molecule has 0 fully saturated rings. The highest BCUT2D eigenvalue weighted by molar-refractivity contribution is 9.10. The number of hydrogen-bond donors (Lipinski definition) is 1. The van der Waals surface area contributed by atoms with Crippen LogP contribution in [0.4, 0.5) is 14.7 Å². The van der Waals surface area contributed by atoms with E-state index < -0.39 is 11.6 Å². The minimum absolute atomic E-state index is 0.0814. The van der Waals surface area contributed by atoms with Gasteiger partial charge in [0.15, 0.2) is 5.82 Å². The minimum atomic E-state index is -0.710. The molecular formula is C15H12BrF2N3. The van der Waals surface area contributed by atoms with E-state index in [4.69, 9.17) is 5.73 Å². The van der Waals surface area contributed by atoms with Crippen molar-refractivity contribution in [2.45, 2.75) is 13.0 Å². The number of nitrogens with two attached hydrogens (primary N) is 1. The van der Waals surface area contributed by atoms with E-state index in [9.17, 15) is 8.78 Å². The second kappa shape index (κ2) is 5.11. The first-order valence-corrected chi connectivity index (χ1v) is 7.14. The van der Waals surface area contributed by atoms with Gasteiger partial charge in [-0.3, -0.25) is 0 Å². The normalized spacial score (nSPS) is 12.8. The van der Waals surface area contributed by atoms with E-state index in [2.05, 4.69) is 20.9 Å². The fourth-order valence-corrected chi connectivity index (χ4v) is 2.70. The molecule has 0 spiro atoms. The maximum absolute atomic E-state index is 13.8. The van der Waals surface area contributed by atoms with Crippen LogP contribution in [0.3, 0.4) is 0 Å². The molecule has 6 heteroatoms. The number of hydrogen-bond acceptors (Lipinski definition) is 2. The van der Waals surface area contributed by atoms with Gasteiger partial charge in [0.05, 0.1) is 11.6 Å². The average molecular weight is 352 g/mol. The number of benzene rings is 2. The Labute approximate surface area is 128 Å². The van der Waals surface area contributed by atoms with Crippen LogP contribution in [0.25, 0.3) is 11.0 Å². The molecule has 1 aromatic heterocycles. The van der Waals surface area contributed by atoms with Gasteiger partial charge in [-0.25, -0.2) is 13.8 Å². The van der Waals surface area contributed by atoms with E-state index in [0.717, 1.165) is 16.1 Å². The van der Waals surface area contributed by atoms with Crippen molar-refractivity contribution in [3.8, 4) is 0 Å². The first kappa shape index (κ1) is 14.0. The van der Waals surface area contributed by atoms with Crippen LogP contribution in [0.15, 0.2) is 40.9 Å². The second-order valence-electron chi connectivity index (χ2n) is 4.82. The zero-order chi connectivity index (χ0) is 15.1. The SMILES string of the molecule is CC(c1ccc(Br)cc1)n1c(N)nc2c(F)cc(F)cc21. The average Bonchev–Trinajstić information content (AvgIpc) is 2.75. The fraction of sp³-hybridized carbons (Fsp3) is 0.133. The highest BCUT2D eigenvalue weighted by Gasteiger charge is 2.18. The molecule has 21 heavy (non-hydrogen) atoms. The Morgan fingerprint density at radius 1 is 1.19 bits per heavy atom. The highest BCUT2D eigenvalue weighted by atomic mass is 79.9. The Balaban J connectivity index is 2.19. The van der Waals surface area contributed by atoms with Crippen LogP contribution in [0.2, 0.25) is 0 Å². The number of nitrogens with zero attached hydrogens (tertiary/aromatic N) is 2. The number of rotatable bonds is 2. The summed E-state index contributed by atoms with van der Waals surface area (Å²) in [5.41, 5.74) is 7.29. The molecule has 108 valence electrons. The van der Waals surface area contributed by atoms with Crippen LogP contribution in [-0.2, 0) is 0 Å². The van der Waals surface area contributed by atoms with Crippen molar-refractivity contribution < 1.29 is 8.78 Å². The first-order valence-electron chi connectivity index (χ1n) is 6.35. The van der Waals surface area contributed by atoms with Crippen molar-refractivity contribution in [1.29, 1.82) is 0 Å². The van der Waals surface area contributed by atoms with Gasteiger partial charge in [0.1, 0.15) is 11.3 Å². The molecule has 2 aromatic carbocycles. The number of fused-ring (bicyclic) bond motifs is 1. The molecule has 0 saturated heterocycles. The molecule has 1 heterocycles. The maximum atomic E-state index is 13.8. The molecule has 0 saturated carbocycles. The predicted octanol–water partition coefficient (Wildman–Crippen LogP) is 4.27. The molecule has 1 atom stereocenters. The van der Waals surface area contributed by atoms with Crippen LogP contribution < -0.4 is 5.73 Å². The zero-order valence-electron chi connectivity index (χ0n) is 11.1. The maximum Gasteiger partial charge on any atom is 0.201 e. The lowest BCUT2D eigenvalue weighted by atomic mass is 10.1. The summed E-state index contributed by atoms with van der Waals surface area (Å²) in [6, 6.07) is 9.53. The summed E-state index contributed by atoms with van der Waals surface area (Å²) in [5.74, 6) is -1.20. The van der Waals surface area contributed by atoms with Crippen LogP contribution in [0.1, 0.15) is 18.5 Å². The minimum Gasteiger partial charge on any atom is -0.369 e. The van der Waals surface area contributed by atoms with E-state index >= 15 is 0 Å². The molecule has 0 radical (unpaired) electrons. The number of nitrogen functional groups attached to an aromatic ring is 1. The van der Waals surface area contributed by atoms with Gasteiger partial charge in [0.25, 0.3) is 0 Å². The Kier molecular flexibility index (Phi) is 3.41. The van der Waals surface area contributed by atoms with Crippen molar-refractivity contribution in [2.75, 3.05) is 5.73 Å². The molecule has 0 amide bonds. The lowest BCUT2D eigenvalue weighted by Crippen LogP contribution is -2.10. The third-order valence-electron chi connectivity index (χ3n) is 3.48. The lowest BCUT2D eigenvalue weighted by Gasteiger charge is -2.16. The topological polar surface area (TPSA) is 43.8 Å². The highest BCUT2D eigenvalue weighted by Crippen LogP contribution is 2.29. The third-order valence-corrected chi connectivity index (χ3v) is 4.01. The van der Waals surface area contributed by atoms with Crippen molar-refractivity contribution in [2.24, 2.45) is 0 Å². The van der Waals surface area contributed by atoms with Gasteiger partial charge >= 0.3 is 0 Å². The molecule has 0 aliphatic rings. The largest absolute Gasteiger partial charge is 0.369 e. The van der Waals surface area contributed by atoms with Crippen LogP contribution in [0, 0.1) is 11.6 Å². The van der Waals surface area contributed by atoms with Gasteiger partial charge in [-0.05, 0) is 24.6 Å². The van der Waals surface area contributed by atoms with Crippen molar-refractivity contribution in [3.05, 3.63) is 58.1 Å². The van der Waals surface area contributed by atoms with Crippen LogP contribution in [-0.4, -0.2) is 9.55 Å². The van der Waals surface area contributed by atoms with Crippen molar-refractivity contribution >= 4 is 32.9 Å². The second-order valence-corrected chi connectivity index (χ2v) is 5.74. The summed E-state index contributed by atoms with van der Waals surface area (Å²) in [6.45, 7) is 1.91. The molecule has 0 aliphatic carbocycles. The Hall–Kier alpha value is -1.95. The lowest BCUT2D eigenvalue weighted by molar-refractivity contribution is 0.589. The zero-order valence-corrected chi connectivity index (χ0v) is 12.7. The summed E-state index contributed by atoms with van der Waals surface area (Å²) in [6.07, 6.45) is 0. The Bertz CT molecular complexity index is 812. The Morgan fingerprint density at radius 2 is 1.86 bits per heavy atom. The summed E-state index contributed by atoms with van der Waals surface area (Å²) in [7, 11) is 0. The number of aromatic nitrogens is 2. The molecule has 3 aromatic rings. The number of anilines is 1. The summed E-state index contributed by atoms with van der Waals surface area (Å²) in [4.78, 5) is 4.01.